The molecule has 0 bridgehead atoms. The topological polar surface area (TPSA) is 106 Å². The molecule has 20 heavy (non-hydrogen) atoms. The molecule has 7 nitrogen and oxygen atoms in total. The zero-order valence-electron chi connectivity index (χ0n) is 10.7. The molecular weight excluding hydrogens is 264 g/mol. The summed E-state index contributed by atoms with van der Waals surface area (Å²) in [4.78, 5) is 24.9. The Morgan fingerprint density at radius 1 is 1.50 bits per heavy atom. The molecule has 0 aliphatic carbocycles. The Balaban J connectivity index is 2.30. The predicted octanol–water partition coefficient (Wildman–Crippen LogP) is 2.58. The second-order valence-electron chi connectivity index (χ2n) is 4.22. The lowest BCUT2D eigenvalue weighted by Gasteiger charge is -1.98. The normalized spacial score (nSPS) is 10.4. The van der Waals surface area contributed by atoms with Crippen molar-refractivity contribution in [2.75, 3.05) is 0 Å². The first-order chi connectivity index (χ1) is 9.47. The lowest BCUT2D eigenvalue weighted by molar-refractivity contribution is -0.384. The van der Waals surface area contributed by atoms with Crippen LogP contribution in [0.2, 0.25) is 0 Å². The second-order valence-corrected chi connectivity index (χ2v) is 4.22. The highest BCUT2D eigenvalue weighted by molar-refractivity contribution is 5.67. The number of rotatable bonds is 5. The highest BCUT2D eigenvalue weighted by Gasteiger charge is 2.15. The molecule has 1 aromatic carbocycles. The zero-order valence-corrected chi connectivity index (χ0v) is 10.7. The number of nitrogens with zero attached hydrogens (tertiary/aromatic N) is 2. The average Bonchev–Trinajstić information content (AvgIpc) is 2.78. The van der Waals surface area contributed by atoms with Gasteiger partial charge in [0.05, 0.1) is 17.0 Å². The molecule has 0 aliphatic heterocycles. The highest BCUT2D eigenvalue weighted by atomic mass is 16.6. The van der Waals surface area contributed by atoms with Gasteiger partial charge in [0.1, 0.15) is 0 Å². The summed E-state index contributed by atoms with van der Waals surface area (Å²) in [5.41, 5.74) is 1.09. The van der Waals surface area contributed by atoms with Crippen molar-refractivity contribution in [3.63, 3.8) is 0 Å². The number of nitro groups is 1. The average molecular weight is 276 g/mol. The van der Waals surface area contributed by atoms with Gasteiger partial charge in [0.2, 0.25) is 0 Å². The molecule has 0 unspecified atom stereocenters. The van der Waals surface area contributed by atoms with E-state index in [1.807, 2.05) is 0 Å². The van der Waals surface area contributed by atoms with Gasteiger partial charge < -0.3 is 9.52 Å². The molecule has 104 valence electrons. The Bertz CT molecular complexity index is 663. The van der Waals surface area contributed by atoms with Gasteiger partial charge in [0.15, 0.2) is 11.7 Å². The molecule has 2 rings (SSSR count). The van der Waals surface area contributed by atoms with Crippen LogP contribution in [0.1, 0.15) is 18.0 Å². The molecule has 0 spiro atoms. The number of hydrogen-bond acceptors (Lipinski definition) is 5. The lowest BCUT2D eigenvalue weighted by Crippen LogP contribution is -1.97. The first-order valence-corrected chi connectivity index (χ1v) is 5.90. The summed E-state index contributed by atoms with van der Waals surface area (Å²) < 4.78 is 5.49. The van der Waals surface area contributed by atoms with Crippen LogP contribution in [0.3, 0.4) is 0 Å². The number of hydrogen-bond donors (Lipinski definition) is 1. The first kappa shape index (κ1) is 13.7. The van der Waals surface area contributed by atoms with Crippen molar-refractivity contribution in [3.05, 3.63) is 46.0 Å². The third-order valence-corrected chi connectivity index (χ3v) is 2.71. The molecule has 1 heterocycles. The summed E-state index contributed by atoms with van der Waals surface area (Å²) in [5, 5.41) is 19.4. The van der Waals surface area contributed by atoms with E-state index in [2.05, 4.69) is 4.98 Å². The van der Waals surface area contributed by atoms with E-state index in [-0.39, 0.29) is 18.5 Å². The number of aromatic nitrogens is 1. The lowest BCUT2D eigenvalue weighted by atomic mass is 10.1. The van der Waals surface area contributed by atoms with Crippen molar-refractivity contribution in [1.29, 1.82) is 0 Å². The summed E-state index contributed by atoms with van der Waals surface area (Å²) in [6, 6.07) is 6.03. The third kappa shape index (κ3) is 3.00. The minimum Gasteiger partial charge on any atom is -0.481 e. The molecule has 0 radical (unpaired) electrons. The zero-order chi connectivity index (χ0) is 14.7. The molecule has 0 aliphatic rings. The van der Waals surface area contributed by atoms with Crippen LogP contribution in [-0.4, -0.2) is 21.0 Å². The quantitative estimate of drug-likeness (QED) is 0.664. The van der Waals surface area contributed by atoms with Crippen molar-refractivity contribution in [3.8, 4) is 11.3 Å². The fourth-order valence-electron chi connectivity index (χ4n) is 1.80. The molecule has 0 saturated heterocycles. The van der Waals surface area contributed by atoms with Crippen LogP contribution < -0.4 is 0 Å². The van der Waals surface area contributed by atoms with E-state index >= 15 is 0 Å². The number of carboxylic acid groups (broad SMARTS) is 1. The van der Waals surface area contributed by atoms with Gasteiger partial charge in [-0.25, -0.2) is 4.98 Å². The predicted molar refractivity (Wildman–Crippen MR) is 69.3 cm³/mol. The van der Waals surface area contributed by atoms with E-state index in [4.69, 9.17) is 9.52 Å². The van der Waals surface area contributed by atoms with E-state index < -0.39 is 10.9 Å². The maximum Gasteiger partial charge on any atom is 0.303 e. The Hall–Kier alpha value is -2.70. The number of oxazole rings is 1. The van der Waals surface area contributed by atoms with Crippen LogP contribution in [0, 0.1) is 17.0 Å². The molecule has 1 aromatic heterocycles. The molecule has 0 amide bonds. The van der Waals surface area contributed by atoms with Gasteiger partial charge >= 0.3 is 5.97 Å². The standard InChI is InChI=1S/C13H12N2O5/c1-8-13(20-11(14-8)5-6-12(16)17)9-3-2-4-10(7-9)15(18)19/h2-4,7H,5-6H2,1H3,(H,16,17). The van der Waals surface area contributed by atoms with E-state index in [9.17, 15) is 14.9 Å². The number of aliphatic carboxylic acids is 1. The van der Waals surface area contributed by atoms with Crippen LogP contribution in [0.25, 0.3) is 11.3 Å². The summed E-state index contributed by atoms with van der Waals surface area (Å²) in [5.74, 6) is -0.196. The molecule has 7 heteroatoms. The van der Waals surface area contributed by atoms with Crippen molar-refractivity contribution in [1.82, 2.24) is 4.98 Å². The minimum atomic E-state index is -0.933. The van der Waals surface area contributed by atoms with Crippen molar-refractivity contribution in [2.24, 2.45) is 0 Å². The maximum absolute atomic E-state index is 10.7. The number of carbonyl (C=O) groups is 1. The van der Waals surface area contributed by atoms with Gasteiger partial charge in [-0.15, -0.1) is 0 Å². The van der Waals surface area contributed by atoms with Crippen LogP contribution in [0.4, 0.5) is 5.69 Å². The number of aryl methyl sites for hydroxylation is 2. The first-order valence-electron chi connectivity index (χ1n) is 5.90. The monoisotopic (exact) mass is 276 g/mol. The van der Waals surface area contributed by atoms with Crippen LogP contribution in [0.5, 0.6) is 0 Å². The van der Waals surface area contributed by atoms with Gasteiger partial charge in [-0.2, -0.15) is 0 Å². The minimum absolute atomic E-state index is 0.0367. The van der Waals surface area contributed by atoms with Gasteiger partial charge in [-0.05, 0) is 6.92 Å². The van der Waals surface area contributed by atoms with Crippen molar-refractivity contribution >= 4 is 11.7 Å². The van der Waals surface area contributed by atoms with Gasteiger partial charge in [-0.1, -0.05) is 12.1 Å². The van der Waals surface area contributed by atoms with Crippen LogP contribution in [0.15, 0.2) is 28.7 Å². The summed E-state index contributed by atoms with van der Waals surface area (Å²) >= 11 is 0. The molecule has 0 atom stereocenters. The van der Waals surface area contributed by atoms with Crippen molar-refractivity contribution < 1.29 is 19.2 Å². The Labute approximate surface area is 114 Å². The Morgan fingerprint density at radius 2 is 2.25 bits per heavy atom. The highest BCUT2D eigenvalue weighted by Crippen LogP contribution is 2.27. The van der Waals surface area contributed by atoms with Crippen LogP contribution in [-0.2, 0) is 11.2 Å². The third-order valence-electron chi connectivity index (χ3n) is 2.71. The summed E-state index contributed by atoms with van der Waals surface area (Å²) in [7, 11) is 0. The van der Waals surface area contributed by atoms with Crippen LogP contribution >= 0.6 is 0 Å². The molecular formula is C13H12N2O5. The maximum atomic E-state index is 10.7. The van der Waals surface area contributed by atoms with E-state index in [1.54, 1.807) is 19.1 Å². The van der Waals surface area contributed by atoms with E-state index in [0.717, 1.165) is 0 Å². The number of non-ortho nitro benzene ring substituents is 1. The number of nitro benzene ring substituents is 1. The second kappa shape index (κ2) is 5.52. The summed E-state index contributed by atoms with van der Waals surface area (Å²) in [6.07, 6.45) is 0.111. The van der Waals surface area contributed by atoms with Gasteiger partial charge in [0.25, 0.3) is 5.69 Å². The smallest absolute Gasteiger partial charge is 0.303 e. The molecule has 0 fully saturated rings. The fourth-order valence-corrected chi connectivity index (χ4v) is 1.80. The summed E-state index contributed by atoms with van der Waals surface area (Å²) in [6.45, 7) is 1.71. The number of benzene rings is 1. The number of carboxylic acids is 1. The molecule has 0 saturated carbocycles. The molecule has 2 aromatic rings. The van der Waals surface area contributed by atoms with Gasteiger partial charge in [-0.3, -0.25) is 14.9 Å². The fraction of sp³-hybridized carbons (Fsp3) is 0.231. The van der Waals surface area contributed by atoms with Gasteiger partial charge in [0, 0.05) is 24.1 Å². The van der Waals surface area contributed by atoms with E-state index in [0.29, 0.717) is 22.9 Å². The SMILES string of the molecule is Cc1nc(CCC(=O)O)oc1-c1cccc([N+](=O)[O-])c1. The van der Waals surface area contributed by atoms with Crippen molar-refractivity contribution in [2.45, 2.75) is 19.8 Å². The Kier molecular flexibility index (Phi) is 3.79. The molecule has 1 N–H and O–H groups in total. The largest absolute Gasteiger partial charge is 0.481 e. The Morgan fingerprint density at radius 3 is 2.90 bits per heavy atom. The van der Waals surface area contributed by atoms with E-state index in [1.165, 1.54) is 12.1 Å².